The number of hydrazine groups is 1. The summed E-state index contributed by atoms with van der Waals surface area (Å²) >= 11 is 0. The van der Waals surface area contributed by atoms with Crippen molar-refractivity contribution in [1.29, 1.82) is 0 Å². The Morgan fingerprint density at radius 3 is 2.93 bits per heavy atom. The average Bonchev–Trinajstić information content (AvgIpc) is 2.60. The fourth-order valence-corrected chi connectivity index (χ4v) is 1.01. The van der Waals surface area contributed by atoms with E-state index in [2.05, 4.69) is 10.4 Å². The molecule has 3 N–H and O–H groups in total. The summed E-state index contributed by atoms with van der Waals surface area (Å²) in [6.45, 7) is 2.98. The highest BCUT2D eigenvalue weighted by atomic mass is 16.5. The molecule has 0 atom stereocenters. The van der Waals surface area contributed by atoms with Gasteiger partial charge in [-0.2, -0.15) is 0 Å². The summed E-state index contributed by atoms with van der Waals surface area (Å²) in [6, 6.07) is 3.68. The Bertz CT molecular complexity index is 307. The second-order valence-electron chi connectivity index (χ2n) is 2.78. The van der Waals surface area contributed by atoms with Crippen LogP contribution in [0.15, 0.2) is 21.5 Å². The van der Waals surface area contributed by atoms with Crippen LogP contribution in [0.5, 0.6) is 0 Å². The zero-order valence-electron chi connectivity index (χ0n) is 8.41. The SMILES string of the molecule is COCCN=C(NN)c1ccc(C)o1. The first kappa shape index (κ1) is 10.7. The first-order valence-corrected chi connectivity index (χ1v) is 4.34. The number of aryl methyl sites for hydroxylation is 1. The molecule has 0 saturated heterocycles. The third-order valence-electron chi connectivity index (χ3n) is 1.68. The number of aliphatic imine (C=N–C) groups is 1. The lowest BCUT2D eigenvalue weighted by Crippen LogP contribution is -2.31. The molecular formula is C9H15N3O2. The molecule has 1 rings (SSSR count). The van der Waals surface area contributed by atoms with E-state index >= 15 is 0 Å². The Morgan fingerprint density at radius 1 is 1.64 bits per heavy atom. The minimum Gasteiger partial charge on any atom is -0.458 e. The fourth-order valence-electron chi connectivity index (χ4n) is 1.01. The molecule has 0 aliphatic heterocycles. The van der Waals surface area contributed by atoms with Gasteiger partial charge >= 0.3 is 0 Å². The molecule has 0 saturated carbocycles. The Hall–Kier alpha value is -1.33. The molecule has 0 aliphatic carbocycles. The molecular weight excluding hydrogens is 182 g/mol. The zero-order valence-corrected chi connectivity index (χ0v) is 8.41. The Labute approximate surface area is 82.9 Å². The normalized spacial score (nSPS) is 11.8. The van der Waals surface area contributed by atoms with Crippen LogP contribution in [0.1, 0.15) is 11.5 Å². The molecule has 5 heteroatoms. The van der Waals surface area contributed by atoms with Gasteiger partial charge in [0.1, 0.15) is 5.76 Å². The van der Waals surface area contributed by atoms with E-state index in [9.17, 15) is 0 Å². The third-order valence-corrected chi connectivity index (χ3v) is 1.68. The molecule has 1 aromatic rings. The van der Waals surface area contributed by atoms with E-state index in [-0.39, 0.29) is 0 Å². The molecule has 0 unspecified atom stereocenters. The number of hydrogen-bond donors (Lipinski definition) is 2. The Balaban J connectivity index is 2.66. The number of amidine groups is 1. The standard InChI is InChI=1S/C9H15N3O2/c1-7-3-4-8(14-7)9(12-10)11-5-6-13-2/h3-4H,5-6,10H2,1-2H3,(H,11,12). The van der Waals surface area contributed by atoms with Crippen LogP contribution in [0.2, 0.25) is 0 Å². The first-order valence-electron chi connectivity index (χ1n) is 4.34. The lowest BCUT2D eigenvalue weighted by Gasteiger charge is -2.01. The number of nitrogens with zero attached hydrogens (tertiary/aromatic N) is 1. The van der Waals surface area contributed by atoms with Crippen LogP contribution in [0.3, 0.4) is 0 Å². The van der Waals surface area contributed by atoms with Crippen molar-refractivity contribution < 1.29 is 9.15 Å². The number of nitrogens with one attached hydrogen (secondary N) is 1. The van der Waals surface area contributed by atoms with Crippen molar-refractivity contribution in [3.8, 4) is 0 Å². The molecule has 0 radical (unpaired) electrons. The number of rotatable bonds is 4. The zero-order chi connectivity index (χ0) is 10.4. The van der Waals surface area contributed by atoms with Crippen LogP contribution in [-0.2, 0) is 4.74 Å². The lowest BCUT2D eigenvalue weighted by atomic mass is 10.4. The summed E-state index contributed by atoms with van der Waals surface area (Å²) in [4.78, 5) is 4.18. The smallest absolute Gasteiger partial charge is 0.179 e. The van der Waals surface area contributed by atoms with E-state index in [0.717, 1.165) is 5.76 Å². The van der Waals surface area contributed by atoms with E-state index in [0.29, 0.717) is 24.7 Å². The van der Waals surface area contributed by atoms with Crippen molar-refractivity contribution in [2.45, 2.75) is 6.92 Å². The highest BCUT2D eigenvalue weighted by Gasteiger charge is 2.05. The van der Waals surface area contributed by atoms with Gasteiger partial charge in [0.2, 0.25) is 0 Å². The number of ether oxygens (including phenoxy) is 1. The molecule has 0 fully saturated rings. The first-order chi connectivity index (χ1) is 6.77. The van der Waals surface area contributed by atoms with Crippen LogP contribution in [0.25, 0.3) is 0 Å². The second-order valence-corrected chi connectivity index (χ2v) is 2.78. The van der Waals surface area contributed by atoms with Crippen molar-refractivity contribution >= 4 is 5.84 Å². The van der Waals surface area contributed by atoms with E-state index in [1.54, 1.807) is 7.11 Å². The van der Waals surface area contributed by atoms with Crippen molar-refractivity contribution in [2.75, 3.05) is 20.3 Å². The van der Waals surface area contributed by atoms with Crippen LogP contribution in [0, 0.1) is 6.92 Å². The maximum Gasteiger partial charge on any atom is 0.179 e. The van der Waals surface area contributed by atoms with E-state index in [1.165, 1.54) is 0 Å². The summed E-state index contributed by atoms with van der Waals surface area (Å²) in [7, 11) is 1.63. The number of furan rings is 1. The van der Waals surface area contributed by atoms with Gasteiger partial charge in [-0.25, -0.2) is 5.84 Å². The Kier molecular flexibility index (Phi) is 4.15. The largest absolute Gasteiger partial charge is 0.458 e. The lowest BCUT2D eigenvalue weighted by molar-refractivity contribution is 0.208. The minimum atomic E-state index is 0.537. The highest BCUT2D eigenvalue weighted by molar-refractivity contribution is 5.95. The summed E-state index contributed by atoms with van der Waals surface area (Å²) in [6.07, 6.45) is 0. The molecule has 0 bridgehead atoms. The molecule has 1 heterocycles. The van der Waals surface area contributed by atoms with Gasteiger partial charge in [-0.15, -0.1) is 0 Å². The van der Waals surface area contributed by atoms with Gasteiger partial charge in [0.05, 0.1) is 13.2 Å². The number of methoxy groups -OCH3 is 1. The van der Waals surface area contributed by atoms with Gasteiger partial charge in [-0.3, -0.25) is 4.99 Å². The second kappa shape index (κ2) is 5.41. The molecule has 78 valence electrons. The predicted molar refractivity (Wildman–Crippen MR) is 54.0 cm³/mol. The number of hydrogen-bond acceptors (Lipinski definition) is 4. The minimum absolute atomic E-state index is 0.537. The molecule has 0 aromatic carbocycles. The van der Waals surface area contributed by atoms with Crippen molar-refractivity contribution in [3.05, 3.63) is 23.7 Å². The Morgan fingerprint density at radius 2 is 2.43 bits per heavy atom. The maximum atomic E-state index is 5.35. The van der Waals surface area contributed by atoms with Gasteiger partial charge in [0.15, 0.2) is 11.6 Å². The maximum absolute atomic E-state index is 5.35. The van der Waals surface area contributed by atoms with Gasteiger partial charge in [-0.1, -0.05) is 0 Å². The van der Waals surface area contributed by atoms with Crippen LogP contribution in [0.4, 0.5) is 0 Å². The van der Waals surface area contributed by atoms with Crippen molar-refractivity contribution in [2.24, 2.45) is 10.8 Å². The van der Waals surface area contributed by atoms with Gasteiger partial charge < -0.3 is 14.6 Å². The van der Waals surface area contributed by atoms with Gasteiger partial charge in [-0.05, 0) is 19.1 Å². The molecule has 0 amide bonds. The monoisotopic (exact) mass is 197 g/mol. The average molecular weight is 197 g/mol. The van der Waals surface area contributed by atoms with Crippen LogP contribution >= 0.6 is 0 Å². The topological polar surface area (TPSA) is 72.8 Å². The summed E-state index contributed by atoms with van der Waals surface area (Å²) in [5.74, 6) is 7.32. The van der Waals surface area contributed by atoms with E-state index in [4.69, 9.17) is 15.0 Å². The van der Waals surface area contributed by atoms with Crippen molar-refractivity contribution in [3.63, 3.8) is 0 Å². The van der Waals surface area contributed by atoms with E-state index in [1.807, 2.05) is 19.1 Å². The third kappa shape index (κ3) is 2.86. The number of nitrogens with two attached hydrogens (primary N) is 1. The fraction of sp³-hybridized carbons (Fsp3) is 0.444. The molecule has 14 heavy (non-hydrogen) atoms. The highest BCUT2D eigenvalue weighted by Crippen LogP contribution is 2.06. The predicted octanol–water partition coefficient (Wildman–Crippen LogP) is 0.444. The quantitative estimate of drug-likeness (QED) is 0.241. The summed E-state index contributed by atoms with van der Waals surface area (Å²) < 4.78 is 10.2. The molecule has 1 aromatic heterocycles. The van der Waals surface area contributed by atoms with E-state index < -0.39 is 0 Å². The van der Waals surface area contributed by atoms with Crippen LogP contribution < -0.4 is 11.3 Å². The van der Waals surface area contributed by atoms with Crippen LogP contribution in [-0.4, -0.2) is 26.1 Å². The molecule has 0 spiro atoms. The van der Waals surface area contributed by atoms with Crippen molar-refractivity contribution in [1.82, 2.24) is 5.43 Å². The summed E-state index contributed by atoms with van der Waals surface area (Å²) in [5, 5.41) is 0. The molecule has 5 nitrogen and oxygen atoms in total. The van der Waals surface area contributed by atoms with Gasteiger partial charge in [0, 0.05) is 7.11 Å². The molecule has 0 aliphatic rings. The van der Waals surface area contributed by atoms with Gasteiger partial charge in [0.25, 0.3) is 0 Å². The summed E-state index contributed by atoms with van der Waals surface area (Å²) in [5.41, 5.74) is 2.49.